The predicted octanol–water partition coefficient (Wildman–Crippen LogP) is 3.87. The Morgan fingerprint density at radius 2 is 1.47 bits per heavy atom. The van der Waals surface area contributed by atoms with Crippen LogP contribution >= 0.6 is 0 Å². The topological polar surface area (TPSA) is 70.9 Å². The first-order valence-electron chi connectivity index (χ1n) is 9.43. The van der Waals surface area contributed by atoms with Crippen LogP contribution in [-0.4, -0.2) is 22.0 Å². The van der Waals surface area contributed by atoms with Gasteiger partial charge in [0.1, 0.15) is 5.69 Å². The number of aromatic nitrogens is 1. The molecule has 1 N–H and O–H groups in total. The Hall–Kier alpha value is -4.19. The average Bonchev–Trinajstić information content (AvgIpc) is 3.17. The van der Waals surface area contributed by atoms with Gasteiger partial charge in [0.05, 0.1) is 5.69 Å². The summed E-state index contributed by atoms with van der Waals surface area (Å²) in [4.78, 5) is 38.2. The van der Waals surface area contributed by atoms with Crippen molar-refractivity contribution in [2.75, 3.05) is 5.01 Å². The largest absolute Gasteiger partial charge is 0.313 e. The van der Waals surface area contributed by atoms with Crippen LogP contribution in [0.25, 0.3) is 16.6 Å². The number of rotatable bonds is 4. The third kappa shape index (κ3) is 3.58. The Balaban J connectivity index is 1.74. The number of nitrogens with zero attached hydrogens (tertiary/aromatic N) is 2. The Bertz CT molecular complexity index is 1230. The van der Waals surface area contributed by atoms with E-state index in [2.05, 4.69) is 5.43 Å². The van der Waals surface area contributed by atoms with Crippen LogP contribution in [0, 0.1) is 0 Å². The van der Waals surface area contributed by atoms with Gasteiger partial charge in [-0.1, -0.05) is 54.6 Å². The molecule has 0 fully saturated rings. The molecule has 0 atom stereocenters. The summed E-state index contributed by atoms with van der Waals surface area (Å²) in [6, 6.07) is 25.4. The lowest BCUT2D eigenvalue weighted by molar-refractivity contribution is -0.122. The fourth-order valence-corrected chi connectivity index (χ4v) is 3.36. The van der Waals surface area contributed by atoms with Crippen molar-refractivity contribution < 1.29 is 14.4 Å². The van der Waals surface area contributed by atoms with Crippen LogP contribution in [0.1, 0.15) is 17.4 Å². The van der Waals surface area contributed by atoms with Gasteiger partial charge in [0.2, 0.25) is 5.91 Å². The maximum absolute atomic E-state index is 13.2. The smallest absolute Gasteiger partial charge is 0.312 e. The van der Waals surface area contributed by atoms with E-state index in [1.807, 2.05) is 48.5 Å². The standard InChI is InChI=1S/C24H19N3O3/c1-17(28)27(19-12-6-3-7-13-19)25-24(30)23(29)22-21(18-10-4-2-5-11-18)16-20-14-8-9-15-26(20)22/h2-16H,1H3,(H,25,30). The third-order valence-corrected chi connectivity index (χ3v) is 4.73. The van der Waals surface area contributed by atoms with Gasteiger partial charge in [-0.2, -0.15) is 0 Å². The molecule has 4 aromatic rings. The van der Waals surface area contributed by atoms with Gasteiger partial charge in [-0.3, -0.25) is 19.8 Å². The van der Waals surface area contributed by atoms with Crippen molar-refractivity contribution in [3.05, 3.63) is 96.8 Å². The van der Waals surface area contributed by atoms with Crippen molar-refractivity contribution in [3.8, 4) is 11.1 Å². The number of hydrogen-bond donors (Lipinski definition) is 1. The quantitative estimate of drug-likeness (QED) is 0.323. The number of fused-ring (bicyclic) bond motifs is 1. The van der Waals surface area contributed by atoms with E-state index in [1.54, 1.807) is 47.0 Å². The first kappa shape index (κ1) is 19.1. The van der Waals surface area contributed by atoms with Gasteiger partial charge in [-0.25, -0.2) is 5.01 Å². The first-order valence-corrected chi connectivity index (χ1v) is 9.43. The van der Waals surface area contributed by atoms with Crippen LogP contribution < -0.4 is 10.4 Å². The normalized spacial score (nSPS) is 10.6. The van der Waals surface area contributed by atoms with Crippen LogP contribution in [0.4, 0.5) is 5.69 Å². The summed E-state index contributed by atoms with van der Waals surface area (Å²) in [5.41, 5.74) is 5.42. The number of benzene rings is 2. The van der Waals surface area contributed by atoms with E-state index in [-0.39, 0.29) is 5.69 Å². The monoisotopic (exact) mass is 397 g/mol. The zero-order valence-electron chi connectivity index (χ0n) is 16.3. The van der Waals surface area contributed by atoms with E-state index in [9.17, 15) is 14.4 Å². The molecule has 0 bridgehead atoms. The lowest BCUT2D eigenvalue weighted by atomic mass is 10.0. The molecule has 6 heteroatoms. The van der Waals surface area contributed by atoms with Crippen molar-refractivity contribution in [3.63, 3.8) is 0 Å². The second kappa shape index (κ2) is 8.05. The Morgan fingerprint density at radius 3 is 2.13 bits per heavy atom. The Morgan fingerprint density at radius 1 is 0.833 bits per heavy atom. The number of ketones is 1. The first-order chi connectivity index (χ1) is 14.6. The molecule has 0 spiro atoms. The lowest BCUT2D eigenvalue weighted by Gasteiger charge is -2.21. The van der Waals surface area contributed by atoms with Crippen molar-refractivity contribution in [1.29, 1.82) is 0 Å². The molecular weight excluding hydrogens is 378 g/mol. The molecule has 0 unspecified atom stereocenters. The van der Waals surface area contributed by atoms with Gasteiger partial charge in [-0.15, -0.1) is 0 Å². The van der Waals surface area contributed by atoms with Crippen molar-refractivity contribution in [1.82, 2.24) is 9.83 Å². The molecule has 0 radical (unpaired) electrons. The van der Waals surface area contributed by atoms with Crippen LogP contribution in [0.3, 0.4) is 0 Å². The summed E-state index contributed by atoms with van der Waals surface area (Å²) in [5.74, 6) is -2.04. The molecule has 148 valence electrons. The fourth-order valence-electron chi connectivity index (χ4n) is 3.36. The molecule has 30 heavy (non-hydrogen) atoms. The average molecular weight is 397 g/mol. The Labute approximate surface area is 173 Å². The molecule has 0 saturated heterocycles. The van der Waals surface area contributed by atoms with Gasteiger partial charge in [0.15, 0.2) is 0 Å². The molecule has 2 amide bonds. The van der Waals surface area contributed by atoms with Crippen LogP contribution in [0.15, 0.2) is 91.1 Å². The number of hydrazine groups is 1. The number of amides is 2. The van der Waals surface area contributed by atoms with Crippen molar-refractivity contribution >= 4 is 28.8 Å². The van der Waals surface area contributed by atoms with E-state index in [0.29, 0.717) is 11.3 Å². The summed E-state index contributed by atoms with van der Waals surface area (Å²) in [5, 5.41) is 1.07. The molecule has 0 aliphatic rings. The minimum Gasteiger partial charge on any atom is -0.313 e. The number of pyridine rings is 1. The number of hydrogen-bond acceptors (Lipinski definition) is 3. The SMILES string of the molecule is CC(=O)N(NC(=O)C(=O)c1c(-c2ccccc2)cc2ccccn12)c1ccccc1. The molecule has 2 heterocycles. The van der Waals surface area contributed by atoms with Gasteiger partial charge in [-0.05, 0) is 35.9 Å². The highest BCUT2D eigenvalue weighted by molar-refractivity contribution is 6.44. The summed E-state index contributed by atoms with van der Waals surface area (Å²) in [6.45, 7) is 1.32. The number of anilines is 1. The van der Waals surface area contributed by atoms with Crippen molar-refractivity contribution in [2.24, 2.45) is 0 Å². The number of carbonyl (C=O) groups is 3. The van der Waals surface area contributed by atoms with E-state index in [0.717, 1.165) is 16.1 Å². The molecule has 6 nitrogen and oxygen atoms in total. The fraction of sp³-hybridized carbons (Fsp3) is 0.0417. The lowest BCUT2D eigenvalue weighted by Crippen LogP contribution is -2.48. The zero-order chi connectivity index (χ0) is 21.1. The predicted molar refractivity (Wildman–Crippen MR) is 115 cm³/mol. The Kier molecular flexibility index (Phi) is 5.13. The number of nitrogens with one attached hydrogen (secondary N) is 1. The summed E-state index contributed by atoms with van der Waals surface area (Å²) in [7, 11) is 0. The van der Waals surface area contributed by atoms with Gasteiger partial charge >= 0.3 is 5.91 Å². The van der Waals surface area contributed by atoms with Gasteiger partial charge in [0.25, 0.3) is 5.78 Å². The summed E-state index contributed by atoms with van der Waals surface area (Å²) in [6.07, 6.45) is 1.74. The van der Waals surface area contributed by atoms with Crippen LogP contribution in [-0.2, 0) is 9.59 Å². The minimum atomic E-state index is -0.893. The van der Waals surface area contributed by atoms with E-state index >= 15 is 0 Å². The van der Waals surface area contributed by atoms with Crippen LogP contribution in [0.5, 0.6) is 0 Å². The van der Waals surface area contributed by atoms with E-state index < -0.39 is 17.6 Å². The zero-order valence-corrected chi connectivity index (χ0v) is 16.3. The number of carbonyl (C=O) groups excluding carboxylic acids is 3. The van der Waals surface area contributed by atoms with E-state index in [1.165, 1.54) is 6.92 Å². The summed E-state index contributed by atoms with van der Waals surface area (Å²) >= 11 is 0. The van der Waals surface area contributed by atoms with Crippen LogP contribution in [0.2, 0.25) is 0 Å². The van der Waals surface area contributed by atoms with E-state index in [4.69, 9.17) is 0 Å². The molecule has 2 aromatic carbocycles. The second-order valence-electron chi connectivity index (χ2n) is 6.73. The minimum absolute atomic E-state index is 0.242. The highest BCUT2D eigenvalue weighted by Gasteiger charge is 2.27. The summed E-state index contributed by atoms with van der Waals surface area (Å²) < 4.78 is 1.69. The highest BCUT2D eigenvalue weighted by atomic mass is 16.2. The number of para-hydroxylation sites is 1. The van der Waals surface area contributed by atoms with Gasteiger partial charge in [0, 0.05) is 24.2 Å². The molecule has 0 aliphatic heterocycles. The maximum Gasteiger partial charge on any atom is 0.312 e. The molecular formula is C24H19N3O3. The highest BCUT2D eigenvalue weighted by Crippen LogP contribution is 2.28. The number of Topliss-reactive ketones (excluding diaryl/α,β-unsaturated/α-hetero) is 1. The molecule has 2 aromatic heterocycles. The third-order valence-electron chi connectivity index (χ3n) is 4.73. The second-order valence-corrected chi connectivity index (χ2v) is 6.73. The van der Waals surface area contributed by atoms with Gasteiger partial charge < -0.3 is 4.40 Å². The maximum atomic E-state index is 13.2. The molecule has 0 saturated carbocycles. The molecule has 4 rings (SSSR count). The molecule has 0 aliphatic carbocycles. The van der Waals surface area contributed by atoms with Crippen molar-refractivity contribution in [2.45, 2.75) is 6.92 Å².